The predicted octanol–water partition coefficient (Wildman–Crippen LogP) is 4.55. The van der Waals surface area contributed by atoms with Gasteiger partial charge in [0.25, 0.3) is 21.6 Å². The first-order valence-electron chi connectivity index (χ1n) is 10.4. The van der Waals surface area contributed by atoms with Gasteiger partial charge in [-0.2, -0.15) is 8.78 Å². The summed E-state index contributed by atoms with van der Waals surface area (Å²) in [6.07, 6.45) is 0. The predicted molar refractivity (Wildman–Crippen MR) is 129 cm³/mol. The van der Waals surface area contributed by atoms with E-state index in [0.717, 1.165) is 24.3 Å². The Morgan fingerprint density at radius 2 is 1.78 bits per heavy atom. The minimum Gasteiger partial charge on any atom is -0.497 e. The van der Waals surface area contributed by atoms with E-state index in [1.165, 1.54) is 25.3 Å². The Balaban J connectivity index is 1.65. The number of methoxy groups -OCH3 is 1. The highest BCUT2D eigenvalue weighted by atomic mass is 32.2. The number of nitro benzene ring substituents is 1. The van der Waals surface area contributed by atoms with Crippen molar-refractivity contribution < 1.29 is 36.4 Å². The Hall–Kier alpha value is -4.72. The normalized spacial score (nSPS) is 11.4. The van der Waals surface area contributed by atoms with Gasteiger partial charge in [0.2, 0.25) is 0 Å². The van der Waals surface area contributed by atoms with E-state index in [9.17, 15) is 32.1 Å². The lowest BCUT2D eigenvalue weighted by Gasteiger charge is -2.09. The van der Waals surface area contributed by atoms with Gasteiger partial charge in [0.05, 0.1) is 16.9 Å². The maximum atomic E-state index is 12.8. The number of ether oxygens (including phenoxy) is 2. The lowest BCUT2D eigenvalue weighted by atomic mass is 10.1. The molecule has 0 aliphatic carbocycles. The Labute approximate surface area is 208 Å². The molecule has 0 radical (unpaired) electrons. The summed E-state index contributed by atoms with van der Waals surface area (Å²) < 4.78 is 61.1. The molecule has 0 aliphatic rings. The van der Waals surface area contributed by atoms with Crippen LogP contribution >= 0.6 is 0 Å². The molecule has 0 unspecified atom stereocenters. The molecule has 0 fully saturated rings. The molecule has 4 aromatic rings. The molecular weight excluding hydrogens is 514 g/mol. The van der Waals surface area contributed by atoms with Gasteiger partial charge in [-0.15, -0.1) is 0 Å². The number of aromatic nitrogens is 1. The second kappa shape index (κ2) is 10.1. The zero-order valence-electron chi connectivity index (χ0n) is 18.9. The van der Waals surface area contributed by atoms with Crippen LogP contribution < -0.4 is 19.5 Å². The third kappa shape index (κ3) is 5.59. The number of non-ortho nitro benzene ring substituents is 1. The molecule has 192 valence electrons. The van der Waals surface area contributed by atoms with Crippen LogP contribution in [0.15, 0.2) is 71.6 Å². The number of hydrogen-bond donors (Lipinski definition) is 3. The van der Waals surface area contributed by atoms with Crippen LogP contribution in [0, 0.1) is 10.1 Å². The molecule has 0 aliphatic heterocycles. The lowest BCUT2D eigenvalue weighted by molar-refractivity contribution is -0.383. The average Bonchev–Trinajstić information content (AvgIpc) is 3.30. The van der Waals surface area contributed by atoms with Crippen molar-refractivity contribution in [3.63, 3.8) is 0 Å². The maximum Gasteiger partial charge on any atom is 0.387 e. The first-order valence-corrected chi connectivity index (χ1v) is 11.9. The second-order valence-corrected chi connectivity index (χ2v) is 9.18. The third-order valence-electron chi connectivity index (χ3n) is 5.15. The van der Waals surface area contributed by atoms with Crippen molar-refractivity contribution in [2.75, 3.05) is 12.4 Å². The molecule has 0 bridgehead atoms. The number of H-pyrrole nitrogens is 1. The van der Waals surface area contributed by atoms with E-state index in [1.54, 1.807) is 24.3 Å². The fourth-order valence-electron chi connectivity index (χ4n) is 3.48. The molecule has 14 heteroatoms. The number of amides is 1. The number of rotatable bonds is 9. The van der Waals surface area contributed by atoms with E-state index < -0.39 is 27.5 Å². The summed E-state index contributed by atoms with van der Waals surface area (Å²) >= 11 is 0. The zero-order chi connectivity index (χ0) is 26.7. The van der Waals surface area contributed by atoms with Gasteiger partial charge in [-0.25, -0.2) is 13.1 Å². The Bertz CT molecular complexity index is 1590. The summed E-state index contributed by atoms with van der Waals surface area (Å²) in [4.78, 5) is 25.9. The molecule has 4 rings (SSSR count). The third-order valence-corrected chi connectivity index (χ3v) is 6.50. The Morgan fingerprint density at radius 1 is 1.05 bits per heavy atom. The standard InChI is InChI=1S/C23H18F2N4O7S/c1-35-15-4-2-3-13(11-15)26-18-9-10-20(29(31)32)21-17(18)12-19(27-21)22(30)28-37(33,34)16-7-5-14(6-8-16)36-23(24)25/h2-12,23,26-27H,1H3,(H,28,30). The molecule has 37 heavy (non-hydrogen) atoms. The van der Waals surface area contributed by atoms with Gasteiger partial charge >= 0.3 is 6.61 Å². The molecule has 0 saturated heterocycles. The molecule has 1 heterocycles. The van der Waals surface area contributed by atoms with Crippen LogP contribution in [-0.4, -0.2) is 38.0 Å². The van der Waals surface area contributed by atoms with Gasteiger partial charge in [0.1, 0.15) is 22.7 Å². The first-order chi connectivity index (χ1) is 17.6. The number of alkyl halides is 2. The van der Waals surface area contributed by atoms with Crippen molar-refractivity contribution >= 4 is 43.9 Å². The topological polar surface area (TPSA) is 153 Å². The summed E-state index contributed by atoms with van der Waals surface area (Å²) in [5, 5.41) is 14.9. The van der Waals surface area contributed by atoms with Gasteiger partial charge in [0, 0.05) is 28.9 Å². The van der Waals surface area contributed by atoms with E-state index in [4.69, 9.17) is 4.74 Å². The molecule has 0 atom stereocenters. The van der Waals surface area contributed by atoms with Crippen LogP contribution in [0.25, 0.3) is 10.9 Å². The van der Waals surface area contributed by atoms with Gasteiger partial charge in [-0.3, -0.25) is 14.9 Å². The smallest absolute Gasteiger partial charge is 0.387 e. The summed E-state index contributed by atoms with van der Waals surface area (Å²) in [5.41, 5.74) is 0.404. The Kier molecular flexibility index (Phi) is 6.93. The molecule has 0 saturated carbocycles. The molecule has 1 amide bonds. The van der Waals surface area contributed by atoms with Crippen molar-refractivity contribution in [1.29, 1.82) is 0 Å². The van der Waals surface area contributed by atoms with Crippen LogP contribution in [0.5, 0.6) is 11.5 Å². The number of nitrogens with one attached hydrogen (secondary N) is 3. The minimum absolute atomic E-state index is 0.00561. The van der Waals surface area contributed by atoms with E-state index in [2.05, 4.69) is 15.0 Å². The number of fused-ring (bicyclic) bond motifs is 1. The summed E-state index contributed by atoms with van der Waals surface area (Å²) in [5.74, 6) is -0.790. The molecule has 3 aromatic carbocycles. The fourth-order valence-corrected chi connectivity index (χ4v) is 4.45. The average molecular weight is 532 g/mol. The summed E-state index contributed by atoms with van der Waals surface area (Å²) in [7, 11) is -2.91. The number of benzene rings is 3. The van der Waals surface area contributed by atoms with Crippen LogP contribution in [0.4, 0.5) is 25.8 Å². The highest BCUT2D eigenvalue weighted by molar-refractivity contribution is 7.90. The number of nitro groups is 1. The number of anilines is 2. The van der Waals surface area contributed by atoms with E-state index >= 15 is 0 Å². The van der Waals surface area contributed by atoms with Crippen molar-refractivity contribution in [3.8, 4) is 11.5 Å². The number of carbonyl (C=O) groups is 1. The van der Waals surface area contributed by atoms with Crippen LogP contribution in [0.2, 0.25) is 0 Å². The van der Waals surface area contributed by atoms with Gasteiger partial charge in [-0.05, 0) is 48.5 Å². The van der Waals surface area contributed by atoms with Gasteiger partial charge < -0.3 is 19.8 Å². The number of halogens is 2. The highest BCUT2D eigenvalue weighted by Gasteiger charge is 2.24. The number of carbonyl (C=O) groups excluding carboxylic acids is 1. The monoisotopic (exact) mass is 532 g/mol. The highest BCUT2D eigenvalue weighted by Crippen LogP contribution is 2.34. The molecule has 3 N–H and O–H groups in total. The largest absolute Gasteiger partial charge is 0.497 e. The quantitative estimate of drug-likeness (QED) is 0.210. The first kappa shape index (κ1) is 25.4. The number of hydrogen-bond acceptors (Lipinski definition) is 8. The van der Waals surface area contributed by atoms with Gasteiger partial charge in [-0.1, -0.05) is 6.07 Å². The molecule has 11 nitrogen and oxygen atoms in total. The maximum absolute atomic E-state index is 12.8. The van der Waals surface area contributed by atoms with E-state index in [-0.39, 0.29) is 32.9 Å². The van der Waals surface area contributed by atoms with Crippen LogP contribution in [0.3, 0.4) is 0 Å². The number of nitrogens with zero attached hydrogens (tertiary/aromatic N) is 1. The van der Waals surface area contributed by atoms with Gasteiger partial charge in [0.15, 0.2) is 0 Å². The lowest BCUT2D eigenvalue weighted by Crippen LogP contribution is -2.30. The van der Waals surface area contributed by atoms with Crippen LogP contribution in [-0.2, 0) is 10.0 Å². The van der Waals surface area contributed by atoms with Crippen LogP contribution in [0.1, 0.15) is 10.5 Å². The number of sulfonamides is 1. The van der Waals surface area contributed by atoms with E-state index in [1.807, 2.05) is 4.72 Å². The summed E-state index contributed by atoms with van der Waals surface area (Å²) in [6, 6.07) is 14.8. The van der Waals surface area contributed by atoms with Crippen molar-refractivity contribution in [3.05, 3.63) is 82.5 Å². The Morgan fingerprint density at radius 3 is 2.43 bits per heavy atom. The fraction of sp³-hybridized carbons (Fsp3) is 0.0870. The van der Waals surface area contributed by atoms with Crippen molar-refractivity contribution in [2.24, 2.45) is 0 Å². The minimum atomic E-state index is -4.41. The SMILES string of the molecule is COc1cccc(Nc2ccc([N+](=O)[O-])c3[nH]c(C(=O)NS(=O)(=O)c4ccc(OC(F)F)cc4)cc23)c1. The zero-order valence-corrected chi connectivity index (χ0v) is 19.7. The second-order valence-electron chi connectivity index (χ2n) is 7.50. The van der Waals surface area contributed by atoms with Crippen molar-refractivity contribution in [1.82, 2.24) is 9.71 Å². The molecular formula is C23H18F2N4O7S. The summed E-state index contributed by atoms with van der Waals surface area (Å²) in [6.45, 7) is -3.09. The van der Waals surface area contributed by atoms with Crippen molar-refractivity contribution in [2.45, 2.75) is 11.5 Å². The molecule has 1 aromatic heterocycles. The molecule has 0 spiro atoms. The number of aromatic amines is 1. The van der Waals surface area contributed by atoms with E-state index in [0.29, 0.717) is 17.1 Å².